The highest BCUT2D eigenvalue weighted by atomic mass is 19.3. The van der Waals surface area contributed by atoms with E-state index in [1.54, 1.807) is 0 Å². The van der Waals surface area contributed by atoms with Crippen LogP contribution in [0.25, 0.3) is 0 Å². The SMILES string of the molecule is C[C@H]1CC(CC(N)C(=O)O)CCC1(F)F. The summed E-state index contributed by atoms with van der Waals surface area (Å²) >= 11 is 0. The summed E-state index contributed by atoms with van der Waals surface area (Å²) in [5, 5.41) is 8.61. The molecule has 0 heterocycles. The van der Waals surface area contributed by atoms with E-state index >= 15 is 0 Å². The van der Waals surface area contributed by atoms with E-state index in [9.17, 15) is 13.6 Å². The normalized spacial score (nSPS) is 32.3. The molecule has 3 atom stereocenters. The molecule has 0 amide bonds. The Hall–Kier alpha value is -0.710. The zero-order valence-corrected chi connectivity index (χ0v) is 8.75. The lowest BCUT2D eigenvalue weighted by Crippen LogP contribution is -2.38. The van der Waals surface area contributed by atoms with Gasteiger partial charge in [0.25, 0.3) is 5.92 Å². The van der Waals surface area contributed by atoms with E-state index in [0.29, 0.717) is 19.3 Å². The summed E-state index contributed by atoms with van der Waals surface area (Å²) in [7, 11) is 0. The quantitative estimate of drug-likeness (QED) is 0.764. The maximum atomic E-state index is 13.1. The van der Waals surface area contributed by atoms with Crippen LogP contribution in [0.1, 0.15) is 32.6 Å². The highest BCUT2D eigenvalue weighted by molar-refractivity contribution is 5.73. The van der Waals surface area contributed by atoms with Crippen LogP contribution < -0.4 is 5.73 Å². The van der Waals surface area contributed by atoms with Gasteiger partial charge in [-0.25, -0.2) is 8.78 Å². The predicted molar refractivity (Wildman–Crippen MR) is 51.7 cm³/mol. The predicted octanol–water partition coefficient (Wildman–Crippen LogP) is 1.86. The lowest BCUT2D eigenvalue weighted by atomic mass is 9.77. The number of halogens is 2. The van der Waals surface area contributed by atoms with Gasteiger partial charge < -0.3 is 10.8 Å². The molecule has 1 fully saturated rings. The van der Waals surface area contributed by atoms with Crippen LogP contribution in [0.15, 0.2) is 0 Å². The van der Waals surface area contributed by atoms with Gasteiger partial charge in [0.1, 0.15) is 6.04 Å². The molecule has 1 rings (SSSR count). The molecule has 0 aromatic carbocycles. The second-order valence-corrected chi connectivity index (χ2v) is 4.48. The molecule has 0 bridgehead atoms. The second-order valence-electron chi connectivity index (χ2n) is 4.48. The van der Waals surface area contributed by atoms with Gasteiger partial charge in [0, 0.05) is 12.3 Å². The van der Waals surface area contributed by atoms with E-state index in [1.807, 2.05) is 0 Å². The zero-order chi connectivity index (χ0) is 11.6. The third-order valence-corrected chi connectivity index (χ3v) is 3.20. The Morgan fingerprint density at radius 2 is 2.27 bits per heavy atom. The summed E-state index contributed by atoms with van der Waals surface area (Å²) in [6.07, 6.45) is 0.896. The first-order valence-corrected chi connectivity index (χ1v) is 5.19. The van der Waals surface area contributed by atoms with E-state index < -0.39 is 23.9 Å². The molecule has 2 unspecified atom stereocenters. The first-order chi connectivity index (χ1) is 6.83. The van der Waals surface area contributed by atoms with Crippen molar-refractivity contribution < 1.29 is 18.7 Å². The van der Waals surface area contributed by atoms with Crippen molar-refractivity contribution in [3.63, 3.8) is 0 Å². The average molecular weight is 221 g/mol. The Labute approximate surface area is 87.6 Å². The van der Waals surface area contributed by atoms with Crippen molar-refractivity contribution in [2.75, 3.05) is 0 Å². The number of carboxylic acid groups (broad SMARTS) is 1. The molecule has 0 radical (unpaired) electrons. The van der Waals surface area contributed by atoms with Crippen molar-refractivity contribution >= 4 is 5.97 Å². The van der Waals surface area contributed by atoms with Crippen molar-refractivity contribution in [2.45, 2.75) is 44.6 Å². The highest BCUT2D eigenvalue weighted by Crippen LogP contribution is 2.41. The molecule has 1 saturated carbocycles. The van der Waals surface area contributed by atoms with Crippen molar-refractivity contribution in [3.8, 4) is 0 Å². The van der Waals surface area contributed by atoms with Gasteiger partial charge in [-0.1, -0.05) is 6.92 Å². The molecule has 0 spiro atoms. The third kappa shape index (κ3) is 3.12. The summed E-state index contributed by atoms with van der Waals surface area (Å²) < 4.78 is 26.2. The topological polar surface area (TPSA) is 63.3 Å². The largest absolute Gasteiger partial charge is 0.480 e. The lowest BCUT2D eigenvalue weighted by molar-refractivity contribution is -0.139. The Morgan fingerprint density at radius 3 is 2.73 bits per heavy atom. The third-order valence-electron chi connectivity index (χ3n) is 3.20. The number of hydrogen-bond donors (Lipinski definition) is 2. The smallest absolute Gasteiger partial charge is 0.320 e. The minimum Gasteiger partial charge on any atom is -0.480 e. The molecular weight excluding hydrogens is 204 g/mol. The number of carbonyl (C=O) groups is 1. The minimum atomic E-state index is -2.59. The van der Waals surface area contributed by atoms with E-state index in [0.717, 1.165) is 0 Å². The van der Waals surface area contributed by atoms with Crippen LogP contribution in [-0.2, 0) is 4.79 Å². The fraction of sp³-hybridized carbons (Fsp3) is 0.900. The van der Waals surface area contributed by atoms with Crippen molar-refractivity contribution in [1.82, 2.24) is 0 Å². The van der Waals surface area contributed by atoms with Gasteiger partial charge in [-0.15, -0.1) is 0 Å². The maximum Gasteiger partial charge on any atom is 0.320 e. The van der Waals surface area contributed by atoms with Gasteiger partial charge in [0.15, 0.2) is 0 Å². The number of nitrogens with two attached hydrogens (primary N) is 1. The van der Waals surface area contributed by atoms with Crippen LogP contribution in [0.2, 0.25) is 0 Å². The Balaban J connectivity index is 2.45. The van der Waals surface area contributed by atoms with Gasteiger partial charge >= 0.3 is 5.97 Å². The molecule has 0 saturated heterocycles. The number of alkyl halides is 2. The average Bonchev–Trinajstić information content (AvgIpc) is 2.12. The molecular formula is C10H17F2NO2. The summed E-state index contributed by atoms with van der Waals surface area (Å²) in [4.78, 5) is 10.5. The molecule has 15 heavy (non-hydrogen) atoms. The molecule has 0 aliphatic heterocycles. The van der Waals surface area contributed by atoms with Gasteiger partial charge in [0.05, 0.1) is 0 Å². The van der Waals surface area contributed by atoms with Crippen LogP contribution >= 0.6 is 0 Å². The summed E-state index contributed by atoms with van der Waals surface area (Å²) in [6, 6.07) is -0.922. The van der Waals surface area contributed by atoms with Crippen LogP contribution in [0.4, 0.5) is 8.78 Å². The van der Waals surface area contributed by atoms with E-state index in [4.69, 9.17) is 10.8 Å². The fourth-order valence-corrected chi connectivity index (χ4v) is 2.11. The van der Waals surface area contributed by atoms with Crippen molar-refractivity contribution in [3.05, 3.63) is 0 Å². The molecule has 1 aliphatic rings. The molecule has 3 nitrogen and oxygen atoms in total. The van der Waals surface area contributed by atoms with Crippen LogP contribution in [-0.4, -0.2) is 23.0 Å². The van der Waals surface area contributed by atoms with Gasteiger partial charge in [-0.05, 0) is 25.2 Å². The second kappa shape index (κ2) is 4.43. The molecule has 1 aliphatic carbocycles. The van der Waals surface area contributed by atoms with E-state index in [1.165, 1.54) is 6.92 Å². The van der Waals surface area contributed by atoms with E-state index in [2.05, 4.69) is 0 Å². The monoisotopic (exact) mass is 221 g/mol. The number of carboxylic acids is 1. The summed E-state index contributed by atoms with van der Waals surface area (Å²) in [5.41, 5.74) is 5.37. The van der Waals surface area contributed by atoms with Crippen molar-refractivity contribution in [2.24, 2.45) is 17.6 Å². The Bertz CT molecular complexity index is 246. The molecule has 5 heteroatoms. The molecule has 0 aromatic rings. The van der Waals surface area contributed by atoms with Gasteiger partial charge in [0.2, 0.25) is 0 Å². The molecule has 0 aromatic heterocycles. The first-order valence-electron chi connectivity index (χ1n) is 5.19. The van der Waals surface area contributed by atoms with Crippen LogP contribution in [0.3, 0.4) is 0 Å². The van der Waals surface area contributed by atoms with Crippen LogP contribution in [0, 0.1) is 11.8 Å². The van der Waals surface area contributed by atoms with Gasteiger partial charge in [-0.3, -0.25) is 4.79 Å². The molecule has 88 valence electrons. The fourth-order valence-electron chi connectivity index (χ4n) is 2.11. The molecule has 3 N–H and O–H groups in total. The van der Waals surface area contributed by atoms with Crippen molar-refractivity contribution in [1.29, 1.82) is 0 Å². The zero-order valence-electron chi connectivity index (χ0n) is 8.75. The van der Waals surface area contributed by atoms with Gasteiger partial charge in [-0.2, -0.15) is 0 Å². The highest BCUT2D eigenvalue weighted by Gasteiger charge is 2.42. The number of rotatable bonds is 3. The first kappa shape index (κ1) is 12.4. The van der Waals surface area contributed by atoms with E-state index in [-0.39, 0.29) is 12.3 Å². The summed E-state index contributed by atoms with van der Waals surface area (Å²) in [5.74, 6) is -4.30. The number of aliphatic carboxylic acids is 1. The summed E-state index contributed by atoms with van der Waals surface area (Å²) in [6.45, 7) is 1.51. The Morgan fingerprint density at radius 1 is 1.67 bits per heavy atom. The standard InChI is InChI=1S/C10H17F2NO2/c1-6-4-7(2-3-10(6,11)12)5-8(13)9(14)15/h6-8H,2-5,13H2,1H3,(H,14,15)/t6-,7?,8?/m0/s1. The Kier molecular flexibility index (Phi) is 3.65. The maximum absolute atomic E-state index is 13.1. The lowest BCUT2D eigenvalue weighted by Gasteiger charge is -2.34. The van der Waals surface area contributed by atoms with Crippen LogP contribution in [0.5, 0.6) is 0 Å². The number of hydrogen-bond acceptors (Lipinski definition) is 2. The minimum absolute atomic E-state index is 0.0192.